The van der Waals surface area contributed by atoms with Crippen molar-refractivity contribution in [3.63, 3.8) is 0 Å². The third kappa shape index (κ3) is 6.16. The molecule has 0 aliphatic heterocycles. The van der Waals surface area contributed by atoms with Crippen molar-refractivity contribution < 1.29 is 21.6 Å². The number of hydrogen-bond acceptors (Lipinski definition) is 10. The van der Waals surface area contributed by atoms with Crippen LogP contribution in [0.5, 0.6) is 5.75 Å². The van der Waals surface area contributed by atoms with Gasteiger partial charge in [0.15, 0.2) is 5.75 Å². The van der Waals surface area contributed by atoms with E-state index in [0.717, 1.165) is 11.3 Å². The van der Waals surface area contributed by atoms with Gasteiger partial charge in [0.2, 0.25) is 0 Å². The molecular formula is C21H19ClN6O6S2. The molecule has 0 aliphatic carbocycles. The molecule has 0 saturated heterocycles. The Morgan fingerprint density at radius 1 is 1.19 bits per heavy atom. The highest BCUT2D eigenvalue weighted by Crippen LogP contribution is 2.27. The molecule has 4 rings (SSSR count). The molecule has 0 saturated carbocycles. The van der Waals surface area contributed by atoms with Crippen LogP contribution in [0.25, 0.3) is 11.4 Å². The second-order valence-electron chi connectivity index (χ2n) is 7.10. The standard InChI is InChI=1S/C21H19ClN6O6S2/c22-19-7-6-18(35-19)21(30)24-12-14-13-28(26-25-14)16-5-4-15(27-9-2-1-3-20(27)29)11-17(16)34-36(31,32)33-10-8-23/h1-7,9,11,13H,8,10,12,23H2,(H,24,30). The van der Waals surface area contributed by atoms with E-state index >= 15 is 0 Å². The Bertz CT molecular complexity index is 1550. The first-order valence-electron chi connectivity index (χ1n) is 10.3. The molecule has 12 nitrogen and oxygen atoms in total. The highest BCUT2D eigenvalue weighted by atomic mass is 35.5. The molecule has 0 bridgehead atoms. The van der Waals surface area contributed by atoms with Gasteiger partial charge in [-0.2, -0.15) is 8.42 Å². The molecule has 0 atom stereocenters. The van der Waals surface area contributed by atoms with E-state index in [9.17, 15) is 18.0 Å². The highest BCUT2D eigenvalue weighted by molar-refractivity contribution is 7.82. The third-order valence-corrected chi connectivity index (χ3v) is 6.67. The lowest BCUT2D eigenvalue weighted by Crippen LogP contribution is -2.21. The zero-order chi connectivity index (χ0) is 25.7. The average Bonchev–Trinajstić information content (AvgIpc) is 3.50. The van der Waals surface area contributed by atoms with E-state index in [1.807, 2.05) is 0 Å². The fourth-order valence-corrected chi connectivity index (χ4v) is 4.69. The Morgan fingerprint density at radius 2 is 2.03 bits per heavy atom. The van der Waals surface area contributed by atoms with Gasteiger partial charge in [0.25, 0.3) is 11.5 Å². The predicted octanol–water partition coefficient (Wildman–Crippen LogP) is 1.66. The van der Waals surface area contributed by atoms with Gasteiger partial charge in [-0.15, -0.1) is 16.4 Å². The highest BCUT2D eigenvalue weighted by Gasteiger charge is 2.20. The summed E-state index contributed by atoms with van der Waals surface area (Å²) >= 11 is 7.01. The van der Waals surface area contributed by atoms with Gasteiger partial charge < -0.3 is 15.2 Å². The average molecular weight is 551 g/mol. The van der Waals surface area contributed by atoms with Crippen molar-refractivity contribution in [2.45, 2.75) is 6.54 Å². The quantitative estimate of drug-likeness (QED) is 0.299. The first-order valence-corrected chi connectivity index (χ1v) is 12.8. The maximum atomic E-state index is 12.3. The van der Waals surface area contributed by atoms with Gasteiger partial charge in [-0.3, -0.25) is 14.2 Å². The van der Waals surface area contributed by atoms with Crippen molar-refractivity contribution in [2.24, 2.45) is 5.73 Å². The lowest BCUT2D eigenvalue weighted by atomic mass is 10.2. The second kappa shape index (κ2) is 11.0. The van der Waals surface area contributed by atoms with E-state index in [-0.39, 0.29) is 42.6 Å². The number of nitrogens with two attached hydrogens (primary N) is 1. The van der Waals surface area contributed by atoms with E-state index < -0.39 is 10.4 Å². The summed E-state index contributed by atoms with van der Waals surface area (Å²) in [6.45, 7) is -0.261. The summed E-state index contributed by atoms with van der Waals surface area (Å²) < 4.78 is 37.6. The normalized spacial score (nSPS) is 11.4. The number of benzene rings is 1. The van der Waals surface area contributed by atoms with Crippen LogP contribution in [-0.4, -0.2) is 47.0 Å². The monoisotopic (exact) mass is 550 g/mol. The van der Waals surface area contributed by atoms with Gasteiger partial charge in [-0.25, -0.2) is 8.86 Å². The van der Waals surface area contributed by atoms with E-state index in [1.54, 1.807) is 30.3 Å². The molecule has 0 aliphatic rings. The molecule has 15 heteroatoms. The largest absolute Gasteiger partial charge is 0.449 e. The molecule has 1 amide bonds. The first kappa shape index (κ1) is 25.5. The van der Waals surface area contributed by atoms with Gasteiger partial charge in [0, 0.05) is 24.9 Å². The number of carbonyl (C=O) groups excluding carboxylic acids is 1. The van der Waals surface area contributed by atoms with Gasteiger partial charge in [-0.1, -0.05) is 22.9 Å². The Kier molecular flexibility index (Phi) is 7.81. The van der Waals surface area contributed by atoms with Crippen LogP contribution in [0, 0.1) is 0 Å². The number of nitrogens with zero attached hydrogens (tertiary/aromatic N) is 4. The Labute approximate surface area is 214 Å². The number of halogens is 1. The number of pyridine rings is 1. The maximum absolute atomic E-state index is 12.3. The molecule has 0 radical (unpaired) electrons. The Hall–Kier alpha value is -3.56. The Balaban J connectivity index is 1.62. The minimum atomic E-state index is -4.48. The van der Waals surface area contributed by atoms with Crippen LogP contribution in [-0.2, 0) is 21.1 Å². The van der Waals surface area contributed by atoms with Gasteiger partial charge in [0.05, 0.1) is 34.2 Å². The summed E-state index contributed by atoms with van der Waals surface area (Å²) in [7, 11) is -4.48. The van der Waals surface area contributed by atoms with Crippen LogP contribution in [0.2, 0.25) is 4.34 Å². The molecular weight excluding hydrogens is 532 g/mol. The molecule has 0 unspecified atom stereocenters. The van der Waals surface area contributed by atoms with Crippen LogP contribution in [0.4, 0.5) is 0 Å². The molecule has 4 aromatic rings. The molecule has 3 N–H and O–H groups in total. The molecule has 3 aromatic heterocycles. The second-order valence-corrected chi connectivity index (χ2v) is 10.0. The number of nitrogens with one attached hydrogen (secondary N) is 1. The lowest BCUT2D eigenvalue weighted by molar-refractivity contribution is 0.0954. The SMILES string of the molecule is NCCOS(=O)(=O)Oc1cc(-n2ccccc2=O)ccc1-n1cc(CNC(=O)c2ccc(Cl)s2)nn1. The Morgan fingerprint density at radius 3 is 2.75 bits per heavy atom. The number of amides is 1. The summed E-state index contributed by atoms with van der Waals surface area (Å²) in [5, 5.41) is 10.7. The third-order valence-electron chi connectivity index (χ3n) is 4.60. The van der Waals surface area contributed by atoms with Crippen LogP contribution in [0.15, 0.2) is 65.7 Å². The van der Waals surface area contributed by atoms with E-state index in [2.05, 4.69) is 15.6 Å². The number of hydrogen-bond donors (Lipinski definition) is 2. The fraction of sp³-hybridized carbons (Fsp3) is 0.143. The summed E-state index contributed by atoms with van der Waals surface area (Å²) in [4.78, 5) is 24.9. The zero-order valence-electron chi connectivity index (χ0n) is 18.4. The summed E-state index contributed by atoms with van der Waals surface area (Å²) in [6.07, 6.45) is 3.02. The number of rotatable bonds is 10. The molecule has 3 heterocycles. The summed E-state index contributed by atoms with van der Waals surface area (Å²) in [5.74, 6) is -0.500. The lowest BCUT2D eigenvalue weighted by Gasteiger charge is -2.13. The van der Waals surface area contributed by atoms with Crippen molar-refractivity contribution >= 4 is 39.2 Å². The van der Waals surface area contributed by atoms with Crippen LogP contribution in [0.1, 0.15) is 15.4 Å². The van der Waals surface area contributed by atoms with Crippen molar-refractivity contribution in [1.29, 1.82) is 0 Å². The van der Waals surface area contributed by atoms with E-state index in [1.165, 1.54) is 39.8 Å². The molecule has 188 valence electrons. The van der Waals surface area contributed by atoms with Crippen molar-refractivity contribution in [3.8, 4) is 17.1 Å². The van der Waals surface area contributed by atoms with Gasteiger partial charge in [0.1, 0.15) is 11.4 Å². The smallest absolute Gasteiger partial charge is 0.359 e. The van der Waals surface area contributed by atoms with Crippen LogP contribution in [0.3, 0.4) is 0 Å². The fourth-order valence-electron chi connectivity index (χ4n) is 3.02. The van der Waals surface area contributed by atoms with Crippen molar-refractivity contribution in [2.75, 3.05) is 13.2 Å². The first-order chi connectivity index (χ1) is 17.3. The van der Waals surface area contributed by atoms with Crippen LogP contribution >= 0.6 is 22.9 Å². The number of carbonyl (C=O) groups is 1. The molecule has 36 heavy (non-hydrogen) atoms. The summed E-state index contributed by atoms with van der Waals surface area (Å²) in [6, 6.07) is 12.3. The minimum absolute atomic E-state index is 0.0370. The minimum Gasteiger partial charge on any atom is -0.359 e. The molecule has 0 spiro atoms. The maximum Gasteiger partial charge on any atom is 0.449 e. The van der Waals surface area contributed by atoms with Gasteiger partial charge >= 0.3 is 10.4 Å². The predicted molar refractivity (Wildman–Crippen MR) is 132 cm³/mol. The topological polar surface area (TPSA) is 160 Å². The van der Waals surface area contributed by atoms with Crippen molar-refractivity contribution in [1.82, 2.24) is 24.9 Å². The van der Waals surface area contributed by atoms with E-state index in [0.29, 0.717) is 20.6 Å². The number of aromatic nitrogens is 4. The van der Waals surface area contributed by atoms with Crippen molar-refractivity contribution in [3.05, 3.63) is 86.2 Å². The molecule has 0 fully saturated rings. The van der Waals surface area contributed by atoms with Gasteiger partial charge in [-0.05, 0) is 30.3 Å². The van der Waals surface area contributed by atoms with E-state index in [4.69, 9.17) is 25.7 Å². The summed E-state index contributed by atoms with van der Waals surface area (Å²) in [5.41, 5.74) is 5.91. The van der Waals surface area contributed by atoms with Crippen LogP contribution < -0.4 is 20.8 Å². The zero-order valence-corrected chi connectivity index (χ0v) is 20.8. The number of thiophene rings is 1. The molecule has 1 aromatic carbocycles.